The highest BCUT2D eigenvalue weighted by atomic mass is 16.3. The molecule has 1 amide bonds. The second-order valence-electron chi connectivity index (χ2n) is 5.38. The van der Waals surface area contributed by atoms with Crippen molar-refractivity contribution in [3.05, 3.63) is 0 Å². The molecular weight excluding hydrogens is 204 g/mol. The highest BCUT2D eigenvalue weighted by molar-refractivity contribution is 5.82. The standard InChI is InChI=1S/C12H24N2O2/c1-4-6-14-9-12(2,3)8-13-11(16)10(14)5-7-15/h10,15H,4-9H2,1-3H3,(H,13,16). The Morgan fingerprint density at radius 3 is 2.81 bits per heavy atom. The quantitative estimate of drug-likeness (QED) is 0.741. The van der Waals surface area contributed by atoms with E-state index in [4.69, 9.17) is 5.11 Å². The third kappa shape index (κ3) is 3.46. The number of amides is 1. The van der Waals surface area contributed by atoms with Crippen molar-refractivity contribution < 1.29 is 9.90 Å². The lowest BCUT2D eigenvalue weighted by atomic mass is 9.93. The van der Waals surface area contributed by atoms with E-state index in [0.29, 0.717) is 13.0 Å². The van der Waals surface area contributed by atoms with Crippen molar-refractivity contribution in [1.29, 1.82) is 0 Å². The first-order valence-electron chi connectivity index (χ1n) is 6.13. The number of aliphatic hydroxyl groups excluding tert-OH is 1. The van der Waals surface area contributed by atoms with Crippen LogP contribution in [0.2, 0.25) is 0 Å². The van der Waals surface area contributed by atoms with Crippen molar-refractivity contribution in [1.82, 2.24) is 10.2 Å². The molecule has 0 aromatic heterocycles. The average molecular weight is 228 g/mol. The molecule has 0 bridgehead atoms. The van der Waals surface area contributed by atoms with Crippen molar-refractivity contribution in [3.63, 3.8) is 0 Å². The Labute approximate surface area is 98.0 Å². The van der Waals surface area contributed by atoms with Gasteiger partial charge in [0.05, 0.1) is 6.04 Å². The van der Waals surface area contributed by atoms with E-state index in [1.54, 1.807) is 0 Å². The minimum absolute atomic E-state index is 0.0630. The number of nitrogens with zero attached hydrogens (tertiary/aromatic N) is 1. The maximum absolute atomic E-state index is 11.9. The smallest absolute Gasteiger partial charge is 0.237 e. The lowest BCUT2D eigenvalue weighted by Crippen LogP contribution is -2.45. The first-order valence-corrected chi connectivity index (χ1v) is 6.13. The zero-order valence-corrected chi connectivity index (χ0v) is 10.6. The average Bonchev–Trinajstić information content (AvgIpc) is 2.30. The van der Waals surface area contributed by atoms with Crippen molar-refractivity contribution in [2.45, 2.75) is 39.7 Å². The summed E-state index contributed by atoms with van der Waals surface area (Å²) in [5, 5.41) is 12.0. The summed E-state index contributed by atoms with van der Waals surface area (Å²) < 4.78 is 0. The molecule has 1 unspecified atom stereocenters. The summed E-state index contributed by atoms with van der Waals surface area (Å²) in [4.78, 5) is 14.1. The van der Waals surface area contributed by atoms with Crippen molar-refractivity contribution in [2.24, 2.45) is 5.41 Å². The van der Waals surface area contributed by atoms with Gasteiger partial charge in [-0.3, -0.25) is 9.69 Å². The van der Waals surface area contributed by atoms with Crippen LogP contribution in [-0.4, -0.2) is 48.2 Å². The van der Waals surface area contributed by atoms with Gasteiger partial charge in [-0.2, -0.15) is 0 Å². The molecule has 16 heavy (non-hydrogen) atoms. The van der Waals surface area contributed by atoms with Gasteiger partial charge < -0.3 is 10.4 Å². The largest absolute Gasteiger partial charge is 0.396 e. The topological polar surface area (TPSA) is 52.6 Å². The molecule has 4 heteroatoms. The van der Waals surface area contributed by atoms with E-state index >= 15 is 0 Å². The number of carbonyl (C=O) groups excluding carboxylic acids is 1. The van der Waals surface area contributed by atoms with E-state index in [0.717, 1.165) is 19.5 Å². The van der Waals surface area contributed by atoms with Gasteiger partial charge in [-0.1, -0.05) is 20.8 Å². The van der Waals surface area contributed by atoms with Crippen LogP contribution in [-0.2, 0) is 4.79 Å². The first-order chi connectivity index (χ1) is 7.50. The first kappa shape index (κ1) is 13.5. The molecule has 0 aliphatic carbocycles. The van der Waals surface area contributed by atoms with Crippen LogP contribution in [0, 0.1) is 5.41 Å². The van der Waals surface area contributed by atoms with Gasteiger partial charge in [-0.05, 0) is 24.8 Å². The molecule has 1 saturated heterocycles. The molecule has 0 radical (unpaired) electrons. The van der Waals surface area contributed by atoms with Crippen molar-refractivity contribution in [2.75, 3.05) is 26.2 Å². The second-order valence-corrected chi connectivity index (χ2v) is 5.38. The molecule has 1 heterocycles. The highest BCUT2D eigenvalue weighted by Crippen LogP contribution is 2.22. The van der Waals surface area contributed by atoms with E-state index in [2.05, 4.69) is 31.0 Å². The van der Waals surface area contributed by atoms with E-state index < -0.39 is 0 Å². The molecule has 1 fully saturated rings. The molecule has 1 atom stereocenters. The van der Waals surface area contributed by atoms with Gasteiger partial charge >= 0.3 is 0 Å². The summed E-state index contributed by atoms with van der Waals surface area (Å²) in [6, 6.07) is -0.160. The number of nitrogens with one attached hydrogen (secondary N) is 1. The van der Waals surface area contributed by atoms with Gasteiger partial charge in [0.1, 0.15) is 0 Å². The van der Waals surface area contributed by atoms with Gasteiger partial charge in [-0.15, -0.1) is 0 Å². The van der Waals surface area contributed by atoms with Crippen LogP contribution in [0.1, 0.15) is 33.6 Å². The predicted molar refractivity (Wildman–Crippen MR) is 64.1 cm³/mol. The third-order valence-corrected chi connectivity index (χ3v) is 3.03. The molecule has 1 aliphatic rings. The Bertz CT molecular complexity index is 241. The zero-order valence-electron chi connectivity index (χ0n) is 10.6. The monoisotopic (exact) mass is 228 g/mol. The molecule has 1 aliphatic heterocycles. The van der Waals surface area contributed by atoms with Gasteiger partial charge in [0.25, 0.3) is 0 Å². The van der Waals surface area contributed by atoms with Crippen LogP contribution < -0.4 is 5.32 Å². The normalized spacial score (nSPS) is 26.2. The summed E-state index contributed by atoms with van der Waals surface area (Å²) in [5.74, 6) is 0.0630. The molecule has 0 aromatic rings. The molecule has 0 aromatic carbocycles. The van der Waals surface area contributed by atoms with Gasteiger partial charge in [0, 0.05) is 19.7 Å². The number of hydrogen-bond acceptors (Lipinski definition) is 3. The molecule has 1 rings (SSSR count). The van der Waals surface area contributed by atoms with Crippen LogP contribution in [0.25, 0.3) is 0 Å². The van der Waals surface area contributed by atoms with Gasteiger partial charge in [-0.25, -0.2) is 0 Å². The summed E-state index contributed by atoms with van der Waals surface area (Å²) in [6.45, 7) is 9.05. The van der Waals surface area contributed by atoms with E-state index in [9.17, 15) is 4.79 Å². The highest BCUT2D eigenvalue weighted by Gasteiger charge is 2.34. The van der Waals surface area contributed by atoms with Gasteiger partial charge in [0.2, 0.25) is 5.91 Å². The summed E-state index contributed by atoms with van der Waals surface area (Å²) in [5.41, 5.74) is 0.106. The molecular formula is C12H24N2O2. The third-order valence-electron chi connectivity index (χ3n) is 3.03. The molecule has 0 spiro atoms. The van der Waals surface area contributed by atoms with Gasteiger partial charge in [0.15, 0.2) is 0 Å². The van der Waals surface area contributed by atoms with E-state index in [1.165, 1.54) is 0 Å². The fourth-order valence-corrected chi connectivity index (χ4v) is 2.28. The minimum atomic E-state index is -0.160. The fourth-order valence-electron chi connectivity index (χ4n) is 2.28. The number of carbonyl (C=O) groups is 1. The predicted octanol–water partition coefficient (Wildman–Crippen LogP) is 0.605. The lowest BCUT2D eigenvalue weighted by Gasteiger charge is -2.32. The zero-order chi connectivity index (χ0) is 12.2. The summed E-state index contributed by atoms with van der Waals surface area (Å²) in [7, 11) is 0. The Morgan fingerprint density at radius 1 is 1.56 bits per heavy atom. The molecule has 0 saturated carbocycles. The Hall–Kier alpha value is -0.610. The summed E-state index contributed by atoms with van der Waals surface area (Å²) >= 11 is 0. The van der Waals surface area contributed by atoms with E-state index in [1.807, 2.05) is 0 Å². The van der Waals surface area contributed by atoms with Crippen LogP contribution in [0.4, 0.5) is 0 Å². The Kier molecular flexibility index (Phi) is 4.74. The maximum Gasteiger partial charge on any atom is 0.237 e. The van der Waals surface area contributed by atoms with Crippen LogP contribution in [0.15, 0.2) is 0 Å². The Balaban J connectivity index is 2.79. The fraction of sp³-hybridized carbons (Fsp3) is 0.917. The van der Waals surface area contributed by atoms with Crippen LogP contribution >= 0.6 is 0 Å². The Morgan fingerprint density at radius 2 is 2.25 bits per heavy atom. The number of hydrogen-bond donors (Lipinski definition) is 2. The molecule has 94 valence electrons. The minimum Gasteiger partial charge on any atom is -0.396 e. The number of aliphatic hydroxyl groups is 1. The SMILES string of the molecule is CCCN1CC(C)(C)CNC(=O)C1CCO. The van der Waals surface area contributed by atoms with Crippen molar-refractivity contribution >= 4 is 5.91 Å². The second kappa shape index (κ2) is 5.64. The van der Waals surface area contributed by atoms with E-state index in [-0.39, 0.29) is 24.0 Å². The number of rotatable bonds is 4. The maximum atomic E-state index is 11.9. The lowest BCUT2D eigenvalue weighted by molar-refractivity contribution is -0.126. The molecule has 4 nitrogen and oxygen atoms in total. The summed E-state index contributed by atoms with van der Waals surface area (Å²) in [6.07, 6.45) is 1.56. The molecule has 2 N–H and O–H groups in total. The van der Waals surface area contributed by atoms with Crippen LogP contribution in [0.5, 0.6) is 0 Å². The van der Waals surface area contributed by atoms with Crippen molar-refractivity contribution in [3.8, 4) is 0 Å². The van der Waals surface area contributed by atoms with Crippen LogP contribution in [0.3, 0.4) is 0 Å².